The number of piperidine rings is 1. The molecule has 2 fully saturated rings. The highest BCUT2D eigenvalue weighted by Gasteiger charge is 2.30. The monoisotopic (exact) mass is 335 g/mol. The van der Waals surface area contributed by atoms with E-state index in [9.17, 15) is 4.79 Å². The first-order chi connectivity index (χ1) is 11.7. The van der Waals surface area contributed by atoms with Gasteiger partial charge in [-0.1, -0.05) is 0 Å². The lowest BCUT2D eigenvalue weighted by Crippen LogP contribution is -2.41. The highest BCUT2D eigenvalue weighted by molar-refractivity contribution is 5.77. The van der Waals surface area contributed by atoms with Gasteiger partial charge in [0.05, 0.1) is 13.2 Å². The smallest absolute Gasteiger partial charge is 0.248 e. The number of likely N-dealkylation sites (tertiary alicyclic amines) is 1. The minimum absolute atomic E-state index is 0.0991. The van der Waals surface area contributed by atoms with Gasteiger partial charge in [0.2, 0.25) is 5.91 Å². The van der Waals surface area contributed by atoms with Crippen molar-refractivity contribution in [3.63, 3.8) is 0 Å². The fraction of sp³-hybridized carbons (Fsp3) is 0.778. The third kappa shape index (κ3) is 4.36. The molecule has 0 radical (unpaired) electrons. The van der Waals surface area contributed by atoms with E-state index in [2.05, 4.69) is 16.5 Å². The molecule has 1 saturated carbocycles. The lowest BCUT2D eigenvalue weighted by Gasteiger charge is -2.32. The largest absolute Gasteiger partial charge is 0.382 e. The predicted molar refractivity (Wildman–Crippen MR) is 90.9 cm³/mol. The third-order valence-corrected chi connectivity index (χ3v) is 5.09. The Bertz CT molecular complexity index is 546. The normalized spacial score (nSPS) is 19.0. The van der Waals surface area contributed by atoms with Crippen LogP contribution in [0.5, 0.6) is 0 Å². The van der Waals surface area contributed by atoms with Crippen LogP contribution in [0.25, 0.3) is 0 Å². The molecule has 2 heterocycles. The number of aromatic nitrogens is 2. The van der Waals surface area contributed by atoms with Gasteiger partial charge in [0.1, 0.15) is 12.4 Å². The first kappa shape index (κ1) is 17.4. The second-order valence-electron chi connectivity index (χ2n) is 7.01. The highest BCUT2D eigenvalue weighted by Crippen LogP contribution is 2.40. The average Bonchev–Trinajstić information content (AvgIpc) is 3.37. The molecule has 0 bridgehead atoms. The molecule has 1 aromatic rings. The summed E-state index contributed by atoms with van der Waals surface area (Å²) in [5.74, 6) is 2.69. The summed E-state index contributed by atoms with van der Waals surface area (Å²) < 4.78 is 12.7. The van der Waals surface area contributed by atoms with E-state index in [0.717, 1.165) is 32.5 Å². The van der Waals surface area contributed by atoms with Gasteiger partial charge < -0.3 is 18.9 Å². The fourth-order valence-electron chi connectivity index (χ4n) is 3.40. The first-order valence-corrected chi connectivity index (χ1v) is 9.05. The highest BCUT2D eigenvalue weighted by atomic mass is 16.5. The van der Waals surface area contributed by atoms with Crippen molar-refractivity contribution in [1.29, 1.82) is 0 Å². The van der Waals surface area contributed by atoms with Crippen molar-refractivity contribution in [2.75, 3.05) is 40.0 Å². The standard InChI is InChI=1S/C18H29N3O3/c1-14-11-19-18(16-3-4-16)21(14)12-15-5-7-20(8-6-15)17(22)13-24-10-9-23-2/h11,15-16H,3-10,12-13H2,1-2H3. The molecule has 6 heteroatoms. The molecule has 134 valence electrons. The van der Waals surface area contributed by atoms with Gasteiger partial charge in [-0.2, -0.15) is 0 Å². The molecule has 0 aromatic carbocycles. The van der Waals surface area contributed by atoms with E-state index >= 15 is 0 Å². The second-order valence-corrected chi connectivity index (χ2v) is 7.01. The molecule has 0 unspecified atom stereocenters. The summed E-state index contributed by atoms with van der Waals surface area (Å²) in [7, 11) is 1.63. The fourth-order valence-corrected chi connectivity index (χ4v) is 3.40. The number of hydrogen-bond donors (Lipinski definition) is 0. The lowest BCUT2D eigenvalue weighted by atomic mass is 9.96. The summed E-state index contributed by atoms with van der Waals surface area (Å²) in [5, 5.41) is 0. The van der Waals surface area contributed by atoms with Crippen LogP contribution in [-0.4, -0.2) is 60.4 Å². The zero-order valence-electron chi connectivity index (χ0n) is 14.9. The number of rotatable bonds is 8. The van der Waals surface area contributed by atoms with Crippen molar-refractivity contribution in [3.05, 3.63) is 17.7 Å². The molecular formula is C18H29N3O3. The lowest BCUT2D eigenvalue weighted by molar-refractivity contribution is -0.138. The van der Waals surface area contributed by atoms with Gasteiger partial charge in [-0.25, -0.2) is 4.98 Å². The van der Waals surface area contributed by atoms with Crippen molar-refractivity contribution in [2.45, 2.75) is 45.1 Å². The molecular weight excluding hydrogens is 306 g/mol. The number of imidazole rings is 1. The van der Waals surface area contributed by atoms with Crippen molar-refractivity contribution in [3.8, 4) is 0 Å². The Balaban J connectivity index is 1.44. The van der Waals surface area contributed by atoms with E-state index in [1.807, 2.05) is 11.1 Å². The van der Waals surface area contributed by atoms with Gasteiger partial charge in [-0.3, -0.25) is 4.79 Å². The van der Waals surface area contributed by atoms with Crippen LogP contribution in [0, 0.1) is 12.8 Å². The van der Waals surface area contributed by atoms with E-state index < -0.39 is 0 Å². The van der Waals surface area contributed by atoms with Crippen LogP contribution in [-0.2, 0) is 20.8 Å². The van der Waals surface area contributed by atoms with Crippen LogP contribution < -0.4 is 0 Å². The van der Waals surface area contributed by atoms with Crippen LogP contribution in [0.1, 0.15) is 43.1 Å². The Morgan fingerprint density at radius 3 is 2.67 bits per heavy atom. The first-order valence-electron chi connectivity index (χ1n) is 9.05. The van der Waals surface area contributed by atoms with Gasteiger partial charge >= 0.3 is 0 Å². The minimum atomic E-state index is 0.0991. The van der Waals surface area contributed by atoms with Gasteiger partial charge in [0.15, 0.2) is 0 Å². The van der Waals surface area contributed by atoms with E-state index in [1.165, 1.54) is 24.4 Å². The van der Waals surface area contributed by atoms with Crippen molar-refractivity contribution < 1.29 is 14.3 Å². The molecule has 2 aliphatic rings. The Kier molecular flexibility index (Phi) is 5.89. The van der Waals surface area contributed by atoms with E-state index in [4.69, 9.17) is 9.47 Å². The van der Waals surface area contributed by atoms with Crippen molar-refractivity contribution in [2.24, 2.45) is 5.92 Å². The zero-order chi connectivity index (χ0) is 16.9. The van der Waals surface area contributed by atoms with Crippen molar-refractivity contribution in [1.82, 2.24) is 14.5 Å². The van der Waals surface area contributed by atoms with Crippen LogP contribution in [0.2, 0.25) is 0 Å². The molecule has 0 atom stereocenters. The molecule has 0 spiro atoms. The number of carbonyl (C=O) groups excluding carboxylic acids is 1. The maximum Gasteiger partial charge on any atom is 0.248 e. The maximum absolute atomic E-state index is 12.1. The summed E-state index contributed by atoms with van der Waals surface area (Å²) >= 11 is 0. The number of amides is 1. The predicted octanol–water partition coefficient (Wildman–Crippen LogP) is 1.97. The summed E-state index contributed by atoms with van der Waals surface area (Å²) in [5.41, 5.74) is 1.27. The van der Waals surface area contributed by atoms with E-state index in [1.54, 1.807) is 7.11 Å². The molecule has 1 amide bonds. The molecule has 1 aromatic heterocycles. The molecule has 0 N–H and O–H groups in total. The van der Waals surface area contributed by atoms with E-state index in [-0.39, 0.29) is 12.5 Å². The SMILES string of the molecule is COCCOCC(=O)N1CCC(Cn2c(C)cnc2C2CC2)CC1. The van der Waals surface area contributed by atoms with Crippen LogP contribution in [0.4, 0.5) is 0 Å². The number of nitrogens with zero attached hydrogens (tertiary/aromatic N) is 3. The summed E-state index contributed by atoms with van der Waals surface area (Å²) in [6, 6.07) is 0. The van der Waals surface area contributed by atoms with Crippen LogP contribution in [0.3, 0.4) is 0 Å². The average molecular weight is 335 g/mol. The number of carbonyl (C=O) groups is 1. The van der Waals surface area contributed by atoms with Crippen LogP contribution in [0.15, 0.2) is 6.20 Å². The molecule has 1 saturated heterocycles. The zero-order valence-corrected chi connectivity index (χ0v) is 14.9. The third-order valence-electron chi connectivity index (χ3n) is 5.09. The second kappa shape index (κ2) is 8.12. The van der Waals surface area contributed by atoms with Gasteiger partial charge in [0, 0.05) is 44.6 Å². The van der Waals surface area contributed by atoms with Gasteiger partial charge in [0.25, 0.3) is 0 Å². The topological polar surface area (TPSA) is 56.6 Å². The summed E-state index contributed by atoms with van der Waals surface area (Å²) in [6.45, 7) is 6.04. The van der Waals surface area contributed by atoms with Crippen molar-refractivity contribution >= 4 is 5.91 Å². The van der Waals surface area contributed by atoms with E-state index in [0.29, 0.717) is 25.0 Å². The summed E-state index contributed by atoms with van der Waals surface area (Å²) in [4.78, 5) is 18.7. The minimum Gasteiger partial charge on any atom is -0.382 e. The number of ether oxygens (including phenoxy) is 2. The van der Waals surface area contributed by atoms with Gasteiger partial charge in [-0.15, -0.1) is 0 Å². The number of hydrogen-bond acceptors (Lipinski definition) is 4. The Hall–Kier alpha value is -1.40. The molecule has 3 rings (SSSR count). The van der Waals surface area contributed by atoms with Crippen LogP contribution >= 0.6 is 0 Å². The number of aryl methyl sites for hydroxylation is 1. The maximum atomic E-state index is 12.1. The molecule has 1 aliphatic heterocycles. The molecule has 6 nitrogen and oxygen atoms in total. The summed E-state index contributed by atoms with van der Waals surface area (Å²) in [6.07, 6.45) is 6.69. The Morgan fingerprint density at radius 1 is 1.25 bits per heavy atom. The Labute approximate surface area is 144 Å². The van der Waals surface area contributed by atoms with Gasteiger partial charge in [-0.05, 0) is 38.5 Å². The number of methoxy groups -OCH3 is 1. The Morgan fingerprint density at radius 2 is 2.00 bits per heavy atom. The quantitative estimate of drug-likeness (QED) is 0.682. The molecule has 1 aliphatic carbocycles. The molecule has 24 heavy (non-hydrogen) atoms.